The number of aryl methyl sites for hydroxylation is 2. The van der Waals surface area contributed by atoms with Crippen LogP contribution in [0.1, 0.15) is 36.5 Å². The number of benzene rings is 2. The summed E-state index contributed by atoms with van der Waals surface area (Å²) < 4.78 is 19.1. The Bertz CT molecular complexity index is 1500. The van der Waals surface area contributed by atoms with Crippen LogP contribution in [0, 0.1) is 13.8 Å². The van der Waals surface area contributed by atoms with Crippen LogP contribution in [0.15, 0.2) is 30.5 Å². The van der Waals surface area contributed by atoms with Gasteiger partial charge in [0.25, 0.3) is 0 Å². The summed E-state index contributed by atoms with van der Waals surface area (Å²) in [7, 11) is -0.885. The van der Waals surface area contributed by atoms with Gasteiger partial charge < -0.3 is 30.2 Å². The molecular formula is C32H45ClN7O2P. The van der Waals surface area contributed by atoms with Gasteiger partial charge in [-0.05, 0) is 75.3 Å². The topological polar surface area (TPSA) is 94.6 Å². The molecule has 5 rings (SSSR count). The average molecular weight is 626 g/mol. The first-order chi connectivity index (χ1) is 20.6. The van der Waals surface area contributed by atoms with Crippen molar-refractivity contribution in [3.8, 4) is 5.75 Å². The van der Waals surface area contributed by atoms with Gasteiger partial charge in [-0.2, -0.15) is 4.98 Å². The molecule has 0 bridgehead atoms. The van der Waals surface area contributed by atoms with Crippen LogP contribution in [0.3, 0.4) is 0 Å². The Kier molecular flexibility index (Phi) is 9.86. The third-order valence-corrected chi connectivity index (χ3v) is 10.7. The van der Waals surface area contributed by atoms with Crippen LogP contribution in [0.5, 0.6) is 5.75 Å². The third-order valence-electron chi connectivity index (χ3n) is 8.74. The average Bonchev–Trinajstić information content (AvgIpc) is 3.00. The van der Waals surface area contributed by atoms with E-state index in [-0.39, 0.29) is 0 Å². The third kappa shape index (κ3) is 7.12. The maximum Gasteiger partial charge on any atom is 0.229 e. The largest absolute Gasteiger partial charge is 0.494 e. The van der Waals surface area contributed by atoms with E-state index in [4.69, 9.17) is 21.3 Å². The van der Waals surface area contributed by atoms with Crippen molar-refractivity contribution < 1.29 is 9.30 Å². The Morgan fingerprint density at radius 3 is 2.44 bits per heavy atom. The minimum Gasteiger partial charge on any atom is -0.494 e. The van der Waals surface area contributed by atoms with Gasteiger partial charge in [0.05, 0.1) is 24.7 Å². The van der Waals surface area contributed by atoms with E-state index in [0.29, 0.717) is 22.8 Å². The van der Waals surface area contributed by atoms with Crippen LogP contribution in [0.4, 0.5) is 28.8 Å². The molecule has 1 aromatic heterocycles. The van der Waals surface area contributed by atoms with E-state index in [1.165, 1.54) is 24.1 Å². The van der Waals surface area contributed by atoms with Crippen molar-refractivity contribution in [2.24, 2.45) is 0 Å². The zero-order chi connectivity index (χ0) is 30.7. The van der Waals surface area contributed by atoms with Crippen molar-refractivity contribution in [3.05, 3.63) is 52.2 Å². The fourth-order valence-electron chi connectivity index (χ4n) is 6.34. The molecule has 0 amide bonds. The Labute approximate surface area is 261 Å². The predicted octanol–water partition coefficient (Wildman–Crippen LogP) is 5.93. The summed E-state index contributed by atoms with van der Waals surface area (Å²) >= 11 is 6.54. The second-order valence-corrected chi connectivity index (χ2v) is 15.5. The number of piperidine rings is 1. The Morgan fingerprint density at radius 2 is 1.79 bits per heavy atom. The van der Waals surface area contributed by atoms with Crippen molar-refractivity contribution in [2.45, 2.75) is 46.1 Å². The van der Waals surface area contributed by atoms with E-state index in [0.717, 1.165) is 79.2 Å². The van der Waals surface area contributed by atoms with E-state index in [1.807, 2.05) is 26.0 Å². The first kappa shape index (κ1) is 31.6. The number of hydrogen-bond donors (Lipinski definition) is 3. The van der Waals surface area contributed by atoms with Crippen LogP contribution in [-0.2, 0) is 11.0 Å². The lowest BCUT2D eigenvalue weighted by atomic mass is 9.99. The highest BCUT2D eigenvalue weighted by molar-refractivity contribution is 7.70. The van der Waals surface area contributed by atoms with E-state index in [1.54, 1.807) is 26.6 Å². The minimum absolute atomic E-state index is 0.373. The number of aromatic nitrogens is 2. The molecule has 9 nitrogen and oxygen atoms in total. The molecule has 3 heterocycles. The lowest BCUT2D eigenvalue weighted by Crippen LogP contribution is -2.52. The molecule has 3 N–H and O–H groups in total. The molecule has 0 unspecified atom stereocenters. The molecule has 0 atom stereocenters. The number of methoxy groups -OCH3 is 1. The molecule has 2 fully saturated rings. The Balaban J connectivity index is 1.37. The summed E-state index contributed by atoms with van der Waals surface area (Å²) in [6.45, 7) is 16.3. The van der Waals surface area contributed by atoms with E-state index < -0.39 is 7.14 Å². The molecular weight excluding hydrogens is 581 g/mol. The van der Waals surface area contributed by atoms with Crippen LogP contribution < -0.4 is 30.9 Å². The molecule has 2 aliphatic rings. The summed E-state index contributed by atoms with van der Waals surface area (Å²) in [5, 5.41) is 11.3. The lowest BCUT2D eigenvalue weighted by Gasteiger charge is -2.41. The van der Waals surface area contributed by atoms with Crippen LogP contribution in [0.25, 0.3) is 0 Å². The number of ether oxygens (including phenoxy) is 1. The van der Waals surface area contributed by atoms with Crippen molar-refractivity contribution >= 4 is 52.9 Å². The van der Waals surface area contributed by atoms with Gasteiger partial charge in [-0.1, -0.05) is 24.6 Å². The minimum atomic E-state index is -2.58. The van der Waals surface area contributed by atoms with Crippen LogP contribution >= 0.6 is 18.7 Å². The number of rotatable bonds is 9. The smallest absolute Gasteiger partial charge is 0.229 e. The highest BCUT2D eigenvalue weighted by Crippen LogP contribution is 2.41. The van der Waals surface area contributed by atoms with Gasteiger partial charge in [0.2, 0.25) is 5.95 Å². The number of anilines is 5. The van der Waals surface area contributed by atoms with Gasteiger partial charge >= 0.3 is 0 Å². The zero-order valence-corrected chi connectivity index (χ0v) is 27.9. The molecule has 2 aromatic carbocycles. The highest BCUT2D eigenvalue weighted by Gasteiger charge is 2.27. The molecule has 0 aliphatic carbocycles. The first-order valence-corrected chi connectivity index (χ1v) is 18.2. The number of hydrogen-bond acceptors (Lipinski definition) is 9. The molecule has 2 aliphatic heterocycles. The van der Waals surface area contributed by atoms with Crippen molar-refractivity contribution in [1.82, 2.24) is 20.2 Å². The fraction of sp³-hybridized carbons (Fsp3) is 0.500. The Hall–Kier alpha value is -2.84. The normalized spacial score (nSPS) is 16.8. The second kappa shape index (κ2) is 13.4. The van der Waals surface area contributed by atoms with Gasteiger partial charge in [-0.25, -0.2) is 4.98 Å². The zero-order valence-electron chi connectivity index (χ0n) is 26.3. The van der Waals surface area contributed by atoms with E-state index in [9.17, 15) is 4.57 Å². The number of nitrogens with one attached hydrogen (secondary N) is 3. The fourth-order valence-corrected chi connectivity index (χ4v) is 8.17. The van der Waals surface area contributed by atoms with Gasteiger partial charge in [0, 0.05) is 62.4 Å². The molecule has 0 radical (unpaired) electrons. The quantitative estimate of drug-likeness (QED) is 0.250. The lowest BCUT2D eigenvalue weighted by molar-refractivity contribution is 0.150. The summed E-state index contributed by atoms with van der Waals surface area (Å²) in [6, 6.07) is 8.90. The maximum atomic E-state index is 13.2. The van der Waals surface area contributed by atoms with E-state index in [2.05, 4.69) is 49.8 Å². The van der Waals surface area contributed by atoms with Gasteiger partial charge in [0.1, 0.15) is 17.9 Å². The SMILES string of the molecule is CCc1cc(Nc2ncc(Cl)c(Nc3ccc(C)c(C)c3P(C)(C)=O)n2)c(OC)cc1N1CCC(N2CCNCC2)CC1. The monoisotopic (exact) mass is 625 g/mol. The molecule has 3 aromatic rings. The summed E-state index contributed by atoms with van der Waals surface area (Å²) in [5.41, 5.74) is 6.11. The van der Waals surface area contributed by atoms with Crippen molar-refractivity contribution in [2.75, 3.05) is 75.2 Å². The molecule has 232 valence electrons. The molecule has 43 heavy (non-hydrogen) atoms. The number of piperazine rings is 1. The van der Waals surface area contributed by atoms with Gasteiger partial charge in [0.15, 0.2) is 5.82 Å². The van der Waals surface area contributed by atoms with Crippen molar-refractivity contribution in [1.29, 1.82) is 0 Å². The standard InChI is InChI=1S/C32H45ClN7O2P/c1-7-23-18-27(29(42-4)19-28(23)40-14-10-24(11-15-40)39-16-12-34-13-17-39)37-32-35-20-25(33)31(38-32)36-26-9-8-21(2)22(3)30(26)43(5,6)41/h8-9,18-20,24,34H,7,10-17H2,1-6H3,(H2,35,36,37,38). The van der Waals surface area contributed by atoms with Crippen LogP contribution in [-0.4, -0.2) is 80.6 Å². The second-order valence-electron chi connectivity index (χ2n) is 11.9. The summed E-state index contributed by atoms with van der Waals surface area (Å²) in [6.07, 6.45) is 4.81. The van der Waals surface area contributed by atoms with Gasteiger partial charge in [-0.15, -0.1) is 0 Å². The summed E-state index contributed by atoms with van der Waals surface area (Å²) in [5.74, 6) is 1.56. The number of halogens is 1. The van der Waals surface area contributed by atoms with Crippen molar-refractivity contribution in [3.63, 3.8) is 0 Å². The molecule has 0 spiro atoms. The Morgan fingerprint density at radius 1 is 1.07 bits per heavy atom. The molecule has 0 saturated carbocycles. The molecule has 2 saturated heterocycles. The maximum absolute atomic E-state index is 13.2. The predicted molar refractivity (Wildman–Crippen MR) is 181 cm³/mol. The first-order valence-electron chi connectivity index (χ1n) is 15.2. The van der Waals surface area contributed by atoms with Crippen LogP contribution in [0.2, 0.25) is 5.02 Å². The highest BCUT2D eigenvalue weighted by atomic mass is 35.5. The molecule has 11 heteroatoms. The summed E-state index contributed by atoms with van der Waals surface area (Å²) in [4.78, 5) is 14.3. The number of nitrogens with zero attached hydrogens (tertiary/aromatic N) is 4. The van der Waals surface area contributed by atoms with E-state index >= 15 is 0 Å². The van der Waals surface area contributed by atoms with Gasteiger partial charge in [-0.3, -0.25) is 4.90 Å².